The molecule has 178 valence electrons. The number of fused-ring (bicyclic) bond motifs is 2. The minimum atomic E-state index is -1.29. The third-order valence-corrected chi connectivity index (χ3v) is 9.50. The molecule has 2 saturated heterocycles. The molecule has 0 aromatic carbocycles. The molecule has 5 fully saturated rings. The first-order valence-corrected chi connectivity index (χ1v) is 11.8. The lowest BCUT2D eigenvalue weighted by atomic mass is 9.37. The molecule has 0 bridgehead atoms. The van der Waals surface area contributed by atoms with Crippen LogP contribution < -0.4 is 0 Å². The van der Waals surface area contributed by atoms with Crippen LogP contribution in [0.1, 0.15) is 66.7 Å². The molecular formula is C24H34O8. The fourth-order valence-corrected chi connectivity index (χ4v) is 8.91. The van der Waals surface area contributed by atoms with E-state index in [1.165, 1.54) is 13.8 Å². The largest absolute Gasteiger partial charge is 0.458 e. The van der Waals surface area contributed by atoms with Crippen LogP contribution in [0.3, 0.4) is 0 Å². The van der Waals surface area contributed by atoms with E-state index in [-0.39, 0.29) is 28.6 Å². The Hall–Kier alpha value is -1.67. The topological polar surface area (TPSA) is 108 Å². The summed E-state index contributed by atoms with van der Waals surface area (Å²) in [5.74, 6) is -2.33. The molecule has 0 amide bonds. The standard InChI is InChI=1S/C24H34O8/c1-11(25)29-16-17-22(3,4)9-6-10-23(17,5)14-8-7-13-15-20(31-19(13)27)32-21(28)24(14,15)18(16)30-12(2)26/h13-18,20-21,28H,6-10H2,1-5H3/t13-,14-,15+,16-,17+,18-,20+,21?,23-,24+/m1/s1. The minimum Gasteiger partial charge on any atom is -0.458 e. The lowest BCUT2D eigenvalue weighted by Gasteiger charge is -2.68. The summed E-state index contributed by atoms with van der Waals surface area (Å²) in [4.78, 5) is 37.3. The quantitative estimate of drug-likeness (QED) is 0.505. The van der Waals surface area contributed by atoms with E-state index < -0.39 is 54.0 Å². The highest BCUT2D eigenvalue weighted by Crippen LogP contribution is 2.74. The van der Waals surface area contributed by atoms with E-state index >= 15 is 0 Å². The van der Waals surface area contributed by atoms with Gasteiger partial charge in [0.25, 0.3) is 0 Å². The Bertz CT molecular complexity index is 853. The van der Waals surface area contributed by atoms with E-state index in [2.05, 4.69) is 20.8 Å². The summed E-state index contributed by atoms with van der Waals surface area (Å²) >= 11 is 0. The average Bonchev–Trinajstić information content (AvgIpc) is 3.13. The summed E-state index contributed by atoms with van der Waals surface area (Å²) in [7, 11) is 0. The highest BCUT2D eigenvalue weighted by atomic mass is 16.8. The molecule has 3 saturated carbocycles. The first kappa shape index (κ1) is 22.1. The second-order valence-electron chi connectivity index (χ2n) is 11.5. The van der Waals surface area contributed by atoms with Crippen LogP contribution in [0.15, 0.2) is 0 Å². The molecule has 8 heteroatoms. The van der Waals surface area contributed by atoms with Crippen molar-refractivity contribution in [3.63, 3.8) is 0 Å². The fraction of sp³-hybridized carbons (Fsp3) is 0.875. The van der Waals surface area contributed by atoms with Gasteiger partial charge in [-0.15, -0.1) is 0 Å². The van der Waals surface area contributed by atoms with Crippen molar-refractivity contribution >= 4 is 17.9 Å². The van der Waals surface area contributed by atoms with Crippen LogP contribution in [0.4, 0.5) is 0 Å². The Morgan fingerprint density at radius 3 is 2.41 bits per heavy atom. The third-order valence-electron chi connectivity index (χ3n) is 9.50. The molecule has 0 radical (unpaired) electrons. The maximum atomic E-state index is 12.7. The lowest BCUT2D eigenvalue weighted by molar-refractivity contribution is -0.310. The summed E-state index contributed by atoms with van der Waals surface area (Å²) in [5, 5.41) is 11.4. The highest BCUT2D eigenvalue weighted by molar-refractivity contribution is 5.76. The van der Waals surface area contributed by atoms with Gasteiger partial charge in [-0.05, 0) is 42.4 Å². The number of carbonyl (C=O) groups excluding carboxylic acids is 3. The van der Waals surface area contributed by atoms with Crippen molar-refractivity contribution < 1.29 is 38.4 Å². The molecule has 3 aliphatic carbocycles. The van der Waals surface area contributed by atoms with Gasteiger partial charge in [0.2, 0.25) is 6.29 Å². The SMILES string of the molecule is CC(=O)O[C@H]1[C@@H](OC(C)=O)[C@]23C(O)O[C@@H]4OC(=O)[C@H](CC[C@@H]2[C@@]2(C)CCCC(C)(C)[C@H]12)[C@@H]43. The van der Waals surface area contributed by atoms with Gasteiger partial charge in [-0.2, -0.15) is 0 Å². The predicted octanol–water partition coefficient (Wildman–Crippen LogP) is 2.56. The number of carbonyl (C=O) groups is 3. The second-order valence-corrected chi connectivity index (χ2v) is 11.5. The zero-order chi connectivity index (χ0) is 23.2. The van der Waals surface area contributed by atoms with Crippen molar-refractivity contribution in [2.24, 2.45) is 39.9 Å². The van der Waals surface area contributed by atoms with Gasteiger partial charge in [-0.1, -0.05) is 27.2 Å². The Kier molecular flexibility index (Phi) is 4.79. The van der Waals surface area contributed by atoms with Crippen molar-refractivity contribution in [1.82, 2.24) is 0 Å². The molecule has 2 aliphatic heterocycles. The second kappa shape index (κ2) is 6.92. The smallest absolute Gasteiger partial charge is 0.311 e. The summed E-state index contributed by atoms with van der Waals surface area (Å²) in [6, 6.07) is 0. The van der Waals surface area contributed by atoms with Crippen molar-refractivity contribution in [3.8, 4) is 0 Å². The van der Waals surface area contributed by atoms with Crippen LogP contribution in [-0.4, -0.2) is 47.8 Å². The van der Waals surface area contributed by atoms with E-state index in [1.807, 2.05) is 0 Å². The summed E-state index contributed by atoms with van der Waals surface area (Å²) in [6.07, 6.45) is 0.385. The highest BCUT2D eigenvalue weighted by Gasteiger charge is 2.80. The molecule has 0 aromatic rings. The number of aliphatic hydroxyl groups is 1. The summed E-state index contributed by atoms with van der Waals surface area (Å²) in [5.41, 5.74) is -1.55. The average molecular weight is 451 g/mol. The Balaban J connectivity index is 1.75. The molecule has 1 N–H and O–H groups in total. The number of ether oxygens (including phenoxy) is 4. The van der Waals surface area contributed by atoms with Gasteiger partial charge in [0.15, 0.2) is 12.4 Å². The van der Waals surface area contributed by atoms with Crippen molar-refractivity contribution in [2.75, 3.05) is 0 Å². The lowest BCUT2D eigenvalue weighted by Crippen LogP contribution is -2.73. The number of aliphatic hydroxyl groups excluding tert-OH is 1. The summed E-state index contributed by atoms with van der Waals surface area (Å²) < 4.78 is 23.3. The van der Waals surface area contributed by atoms with E-state index in [9.17, 15) is 19.5 Å². The first-order chi connectivity index (χ1) is 14.9. The first-order valence-electron chi connectivity index (χ1n) is 11.8. The van der Waals surface area contributed by atoms with Crippen molar-refractivity contribution in [1.29, 1.82) is 0 Å². The number of hydrogen-bond acceptors (Lipinski definition) is 8. The van der Waals surface area contributed by atoms with Crippen LogP contribution in [-0.2, 0) is 33.3 Å². The molecule has 0 aromatic heterocycles. The van der Waals surface area contributed by atoms with E-state index in [1.54, 1.807) is 0 Å². The van der Waals surface area contributed by atoms with Gasteiger partial charge in [-0.25, -0.2) is 0 Å². The van der Waals surface area contributed by atoms with E-state index in [4.69, 9.17) is 18.9 Å². The van der Waals surface area contributed by atoms with Crippen LogP contribution in [0.2, 0.25) is 0 Å². The van der Waals surface area contributed by atoms with Crippen molar-refractivity contribution in [2.45, 2.75) is 91.5 Å². The van der Waals surface area contributed by atoms with Gasteiger partial charge >= 0.3 is 17.9 Å². The van der Waals surface area contributed by atoms with E-state index in [0.29, 0.717) is 12.8 Å². The number of esters is 3. The Labute approximate surface area is 188 Å². The zero-order valence-electron chi connectivity index (χ0n) is 19.5. The molecule has 8 nitrogen and oxygen atoms in total. The number of rotatable bonds is 2. The Morgan fingerprint density at radius 2 is 1.75 bits per heavy atom. The maximum Gasteiger partial charge on any atom is 0.311 e. The van der Waals surface area contributed by atoms with E-state index in [0.717, 1.165) is 19.3 Å². The van der Waals surface area contributed by atoms with Crippen LogP contribution in [0.25, 0.3) is 0 Å². The van der Waals surface area contributed by atoms with Crippen LogP contribution in [0.5, 0.6) is 0 Å². The van der Waals surface area contributed by atoms with Gasteiger partial charge in [0.1, 0.15) is 6.10 Å². The normalized spacial score (nSPS) is 50.5. The maximum absolute atomic E-state index is 12.7. The van der Waals surface area contributed by atoms with Gasteiger partial charge in [0.05, 0.1) is 11.3 Å². The molecule has 5 rings (SSSR count). The van der Waals surface area contributed by atoms with Crippen LogP contribution >= 0.6 is 0 Å². The zero-order valence-corrected chi connectivity index (χ0v) is 19.5. The minimum absolute atomic E-state index is 0.0755. The monoisotopic (exact) mass is 450 g/mol. The van der Waals surface area contributed by atoms with Gasteiger partial charge in [0, 0.05) is 25.7 Å². The van der Waals surface area contributed by atoms with Crippen molar-refractivity contribution in [3.05, 3.63) is 0 Å². The van der Waals surface area contributed by atoms with Crippen LogP contribution in [0, 0.1) is 39.9 Å². The van der Waals surface area contributed by atoms with Gasteiger partial charge in [-0.3, -0.25) is 14.4 Å². The number of hydrogen-bond donors (Lipinski definition) is 1. The molecule has 10 atom stereocenters. The third kappa shape index (κ3) is 2.65. The summed E-state index contributed by atoms with van der Waals surface area (Å²) in [6.45, 7) is 9.29. The molecular weight excluding hydrogens is 416 g/mol. The molecule has 5 aliphatic rings. The Morgan fingerprint density at radius 1 is 1.06 bits per heavy atom. The molecule has 2 heterocycles. The predicted molar refractivity (Wildman–Crippen MR) is 109 cm³/mol. The van der Waals surface area contributed by atoms with Gasteiger partial charge < -0.3 is 24.1 Å². The molecule has 1 spiro atoms. The fourth-order valence-electron chi connectivity index (χ4n) is 8.91. The molecule has 1 unspecified atom stereocenters. The molecule has 32 heavy (non-hydrogen) atoms.